The first-order valence-corrected chi connectivity index (χ1v) is 16.0. The Morgan fingerprint density at radius 2 is 1.25 bits per heavy atom. The normalized spacial score (nSPS) is 18.3. The molecule has 0 radical (unpaired) electrons. The van der Waals surface area contributed by atoms with E-state index in [1.807, 2.05) is 0 Å². The Hall–Kier alpha value is -6.57. The largest absolute Gasteiger partial charge is 0.473 e. The van der Waals surface area contributed by atoms with E-state index < -0.39 is 35.5 Å². The summed E-state index contributed by atoms with van der Waals surface area (Å²) in [7, 11) is 1.24. The van der Waals surface area contributed by atoms with Crippen LogP contribution in [0.5, 0.6) is 0 Å². The van der Waals surface area contributed by atoms with Crippen LogP contribution in [0.25, 0.3) is 46.3 Å². The average Bonchev–Trinajstić information content (AvgIpc) is 3.96. The van der Waals surface area contributed by atoms with Gasteiger partial charge in [-0.15, -0.1) is 0 Å². The number of esters is 1. The summed E-state index contributed by atoms with van der Waals surface area (Å²) >= 11 is 0. The van der Waals surface area contributed by atoms with E-state index in [1.165, 1.54) is 43.3 Å². The molecule has 2 atom stereocenters. The lowest BCUT2D eigenvalue weighted by atomic mass is 10.2. The number of methoxy groups -OCH3 is 1. The maximum atomic E-state index is 13.1. The standard InChI is InChI=1S/C33H30N8O12/c1-32(2,3)53-31(43)41-22(14-52-33(41,4)5)29-39-20(12-51-29)27-37-18(10-49-27)25-35-16(8-47-25)23-34-15(7-45-23)24-36-17(9-46-24)26-38-19(11-48-26)28-40-21(13-50-28)30(42)44-6/h8-13,15,22H,7,14H2,1-6H3/t15-,22-/m0/s1. The van der Waals surface area contributed by atoms with Gasteiger partial charge in [-0.1, -0.05) is 0 Å². The minimum atomic E-state index is -0.951. The number of amides is 1. The van der Waals surface area contributed by atoms with Crippen LogP contribution in [-0.4, -0.2) is 84.4 Å². The summed E-state index contributed by atoms with van der Waals surface area (Å²) in [6.45, 7) is 9.16. The number of oxazole rings is 6. The predicted molar refractivity (Wildman–Crippen MR) is 172 cm³/mol. The second-order valence-electron chi connectivity index (χ2n) is 13.2. The minimum absolute atomic E-state index is 0.00792. The number of ether oxygens (including phenoxy) is 4. The van der Waals surface area contributed by atoms with Crippen molar-refractivity contribution in [3.63, 3.8) is 0 Å². The molecule has 0 unspecified atom stereocenters. The molecule has 2 aliphatic heterocycles. The van der Waals surface area contributed by atoms with Gasteiger partial charge in [-0.05, 0) is 34.6 Å². The van der Waals surface area contributed by atoms with E-state index in [4.69, 9.17) is 40.7 Å². The number of carbonyl (C=O) groups is 2. The van der Waals surface area contributed by atoms with E-state index in [1.54, 1.807) is 34.6 Å². The average molecular weight is 731 g/mol. The number of aromatic nitrogens is 6. The lowest BCUT2D eigenvalue weighted by molar-refractivity contribution is -0.0634. The van der Waals surface area contributed by atoms with Gasteiger partial charge in [0.1, 0.15) is 61.6 Å². The molecule has 2 aliphatic rings. The summed E-state index contributed by atoms with van der Waals surface area (Å²) in [5.74, 6) is 0.499. The number of nitrogens with zero attached hydrogens (tertiary/aromatic N) is 8. The molecular formula is C33H30N8O12. The smallest absolute Gasteiger partial charge is 0.413 e. The molecule has 1 amide bonds. The van der Waals surface area contributed by atoms with Crippen molar-refractivity contribution in [2.24, 2.45) is 4.99 Å². The summed E-state index contributed by atoms with van der Waals surface area (Å²) in [6.07, 6.45) is 7.37. The van der Waals surface area contributed by atoms with Crippen LogP contribution in [0.1, 0.15) is 74.7 Å². The quantitative estimate of drug-likeness (QED) is 0.172. The van der Waals surface area contributed by atoms with Gasteiger partial charge in [-0.3, -0.25) is 4.90 Å². The van der Waals surface area contributed by atoms with Crippen molar-refractivity contribution in [1.29, 1.82) is 0 Å². The maximum absolute atomic E-state index is 13.1. The van der Waals surface area contributed by atoms with Crippen molar-refractivity contribution in [3.8, 4) is 46.3 Å². The van der Waals surface area contributed by atoms with Crippen molar-refractivity contribution in [1.82, 2.24) is 34.8 Å². The van der Waals surface area contributed by atoms with Crippen molar-refractivity contribution in [2.75, 3.05) is 20.3 Å². The van der Waals surface area contributed by atoms with Crippen LogP contribution in [0.4, 0.5) is 4.79 Å². The number of hydrogen-bond donors (Lipinski definition) is 0. The summed E-state index contributed by atoms with van der Waals surface area (Å²) in [4.78, 5) is 57.0. The lowest BCUT2D eigenvalue weighted by Crippen LogP contribution is -2.47. The molecule has 20 heteroatoms. The number of carbonyl (C=O) groups excluding carboxylic acids is 2. The highest BCUT2D eigenvalue weighted by Gasteiger charge is 2.48. The molecule has 1 saturated heterocycles. The van der Waals surface area contributed by atoms with Gasteiger partial charge in [0, 0.05) is 0 Å². The van der Waals surface area contributed by atoms with Crippen molar-refractivity contribution >= 4 is 18.0 Å². The fourth-order valence-electron chi connectivity index (χ4n) is 5.42. The zero-order chi connectivity index (χ0) is 37.1. The molecular weight excluding hydrogens is 700 g/mol. The fourth-order valence-corrected chi connectivity index (χ4v) is 5.42. The molecule has 274 valence electrons. The van der Waals surface area contributed by atoms with E-state index in [0.29, 0.717) is 11.4 Å². The topological polar surface area (TPSA) is 243 Å². The fraction of sp³-hybridized carbons (Fsp3) is 0.364. The van der Waals surface area contributed by atoms with Crippen LogP contribution in [0, 0.1) is 0 Å². The predicted octanol–water partition coefficient (Wildman–Crippen LogP) is 5.63. The Balaban J connectivity index is 0.935. The zero-order valence-corrected chi connectivity index (χ0v) is 29.0. The summed E-state index contributed by atoms with van der Waals surface area (Å²) < 4.78 is 55.4. The first kappa shape index (κ1) is 33.6. The summed E-state index contributed by atoms with van der Waals surface area (Å²) in [5, 5.41) is 0. The van der Waals surface area contributed by atoms with Crippen LogP contribution in [0.3, 0.4) is 0 Å². The van der Waals surface area contributed by atoms with Crippen LogP contribution in [-0.2, 0) is 18.9 Å². The highest BCUT2D eigenvalue weighted by atomic mass is 16.6. The van der Waals surface area contributed by atoms with Crippen molar-refractivity contribution in [2.45, 2.75) is 58.0 Å². The number of hydrogen-bond acceptors (Lipinski definition) is 19. The zero-order valence-electron chi connectivity index (χ0n) is 29.0. The van der Waals surface area contributed by atoms with Crippen LogP contribution < -0.4 is 0 Å². The second-order valence-corrected chi connectivity index (χ2v) is 13.2. The first-order chi connectivity index (χ1) is 25.3. The highest BCUT2D eigenvalue weighted by molar-refractivity contribution is 5.93. The Labute approximate surface area is 298 Å². The monoisotopic (exact) mass is 730 g/mol. The van der Waals surface area contributed by atoms with E-state index in [0.717, 1.165) is 6.26 Å². The molecule has 53 heavy (non-hydrogen) atoms. The molecule has 0 N–H and O–H groups in total. The van der Waals surface area contributed by atoms with Gasteiger partial charge in [0.05, 0.1) is 13.7 Å². The molecule has 0 aromatic carbocycles. The van der Waals surface area contributed by atoms with E-state index in [9.17, 15) is 9.59 Å². The molecule has 6 aromatic rings. The van der Waals surface area contributed by atoms with E-state index in [-0.39, 0.29) is 77.2 Å². The molecule has 6 aromatic heterocycles. The van der Waals surface area contributed by atoms with E-state index in [2.05, 4.69) is 39.6 Å². The first-order valence-electron chi connectivity index (χ1n) is 16.0. The summed E-state index contributed by atoms with van der Waals surface area (Å²) in [6, 6.07) is -1.23. The number of aliphatic imine (C=N–C) groups is 1. The van der Waals surface area contributed by atoms with Gasteiger partial charge >= 0.3 is 12.1 Å². The lowest BCUT2D eigenvalue weighted by Gasteiger charge is -2.34. The second kappa shape index (κ2) is 12.6. The van der Waals surface area contributed by atoms with Crippen molar-refractivity contribution < 1.29 is 55.0 Å². The Bertz CT molecular complexity index is 2330. The van der Waals surface area contributed by atoms with Gasteiger partial charge in [0.25, 0.3) is 0 Å². The van der Waals surface area contributed by atoms with Gasteiger partial charge in [0.2, 0.25) is 41.2 Å². The maximum Gasteiger partial charge on any atom is 0.413 e. The molecule has 8 heterocycles. The molecule has 8 rings (SSSR count). The number of rotatable bonds is 8. The van der Waals surface area contributed by atoms with Gasteiger partial charge < -0.3 is 45.5 Å². The molecule has 0 spiro atoms. The Kier molecular flexibility index (Phi) is 7.97. The minimum Gasteiger partial charge on any atom is -0.473 e. The third-order valence-corrected chi connectivity index (χ3v) is 7.85. The molecule has 0 saturated carbocycles. The SMILES string of the molecule is COC(=O)c1coc(-c2coc(-c3coc([C@@H]4COC(c5coc(-c6coc(-c7coc([C@@H]8COC(C)(C)N8C(=O)OC(C)(C)C)n7)n6)n5)=N4)n3)n2)n1. The Morgan fingerprint density at radius 3 is 1.89 bits per heavy atom. The highest BCUT2D eigenvalue weighted by Crippen LogP contribution is 2.39. The van der Waals surface area contributed by atoms with Crippen molar-refractivity contribution in [3.05, 3.63) is 60.7 Å². The van der Waals surface area contributed by atoms with Crippen LogP contribution >= 0.6 is 0 Å². The molecule has 20 nitrogen and oxygen atoms in total. The summed E-state index contributed by atoms with van der Waals surface area (Å²) in [5.41, 5.74) is -0.258. The van der Waals surface area contributed by atoms with Gasteiger partial charge in [0.15, 0.2) is 40.2 Å². The van der Waals surface area contributed by atoms with Gasteiger partial charge in [-0.2, -0.15) is 0 Å². The van der Waals surface area contributed by atoms with Gasteiger partial charge in [-0.25, -0.2) is 44.5 Å². The third kappa shape index (κ3) is 6.43. The molecule has 1 fully saturated rings. The molecule has 0 bridgehead atoms. The van der Waals surface area contributed by atoms with E-state index >= 15 is 0 Å². The van der Waals surface area contributed by atoms with Crippen LogP contribution in [0.15, 0.2) is 69.1 Å². The third-order valence-electron chi connectivity index (χ3n) is 7.85. The van der Waals surface area contributed by atoms with Crippen LogP contribution in [0.2, 0.25) is 0 Å². The Morgan fingerprint density at radius 1 is 0.717 bits per heavy atom. The molecule has 0 aliphatic carbocycles.